The van der Waals surface area contributed by atoms with Gasteiger partial charge in [-0.2, -0.15) is 13.2 Å². The molecule has 0 aromatic heterocycles. The van der Waals surface area contributed by atoms with Crippen LogP contribution in [0.3, 0.4) is 0 Å². The lowest BCUT2D eigenvalue weighted by atomic mass is 10.3. The highest BCUT2D eigenvalue weighted by Crippen LogP contribution is 2.20. The Hall–Kier alpha value is -1.11. The maximum atomic E-state index is 11.8. The van der Waals surface area contributed by atoms with Gasteiger partial charge in [-0.05, 0) is 0 Å². The smallest absolute Gasteiger partial charge is 0.291 e. The van der Waals surface area contributed by atoms with E-state index in [0.29, 0.717) is 11.8 Å². The van der Waals surface area contributed by atoms with Gasteiger partial charge >= 0.3 is 6.18 Å². The Kier molecular flexibility index (Phi) is 3.67. The molecule has 0 saturated carbocycles. The van der Waals surface area contributed by atoms with E-state index in [4.69, 9.17) is 0 Å². The van der Waals surface area contributed by atoms with Gasteiger partial charge in [0.2, 0.25) is 5.78 Å². The molecule has 0 N–H and O–H groups in total. The number of ketones is 2. The Balaban J connectivity index is 2.51. The van der Waals surface area contributed by atoms with Gasteiger partial charge < -0.3 is 0 Å². The van der Waals surface area contributed by atoms with Gasteiger partial charge in [0.05, 0.1) is 5.75 Å². The zero-order valence-corrected chi connectivity index (χ0v) is 8.19. The lowest BCUT2D eigenvalue weighted by Gasteiger charge is -2.07. The normalized spacial score (nSPS) is 16.5. The fourth-order valence-electron chi connectivity index (χ4n) is 0.773. The van der Waals surface area contributed by atoms with Crippen LogP contribution in [0.25, 0.3) is 0 Å². The van der Waals surface area contributed by atoms with E-state index in [1.165, 1.54) is 12.3 Å². The van der Waals surface area contributed by atoms with E-state index in [9.17, 15) is 22.8 Å². The van der Waals surface area contributed by atoms with Gasteiger partial charge in [-0.3, -0.25) is 9.59 Å². The summed E-state index contributed by atoms with van der Waals surface area (Å²) in [5.74, 6) is -3.03. The van der Waals surface area contributed by atoms with Crippen LogP contribution in [0.4, 0.5) is 13.2 Å². The van der Waals surface area contributed by atoms with Crippen LogP contribution in [0.15, 0.2) is 17.3 Å². The van der Waals surface area contributed by atoms with Gasteiger partial charge in [-0.25, -0.2) is 4.99 Å². The fraction of sp³-hybridized carbons (Fsp3) is 0.375. The van der Waals surface area contributed by atoms with Crippen molar-refractivity contribution in [3.63, 3.8) is 0 Å². The fourth-order valence-corrected chi connectivity index (χ4v) is 1.58. The number of thioether (sulfide) groups is 1. The summed E-state index contributed by atoms with van der Waals surface area (Å²) >= 11 is 0.520. The number of Topliss-reactive ketones (excluding diaryl/α,β-unsaturated/α-hetero) is 2. The topological polar surface area (TPSA) is 46.5 Å². The first-order valence-corrected chi connectivity index (χ1v) is 4.88. The number of nitrogens with zero attached hydrogens (tertiary/aromatic N) is 1. The minimum Gasteiger partial charge on any atom is -0.291 e. The Morgan fingerprint density at radius 1 is 1.53 bits per heavy atom. The molecule has 1 aliphatic heterocycles. The molecule has 0 atom stereocenters. The average molecular weight is 237 g/mol. The van der Waals surface area contributed by atoms with Crippen LogP contribution in [0.5, 0.6) is 0 Å². The van der Waals surface area contributed by atoms with Crippen LogP contribution < -0.4 is 0 Å². The minimum absolute atomic E-state index is 0.0462. The Morgan fingerprint density at radius 2 is 2.20 bits per heavy atom. The lowest BCUT2D eigenvalue weighted by Crippen LogP contribution is -2.26. The number of rotatable bonds is 2. The highest BCUT2D eigenvalue weighted by Gasteiger charge is 2.38. The Bertz CT molecular complexity index is 346. The lowest BCUT2D eigenvalue weighted by molar-refractivity contribution is -0.167. The maximum Gasteiger partial charge on any atom is 0.450 e. The number of hydrogen-bond acceptors (Lipinski definition) is 4. The van der Waals surface area contributed by atoms with Crippen molar-refractivity contribution in [1.29, 1.82) is 0 Å². The Labute approximate surface area is 87.4 Å². The number of halogens is 3. The van der Waals surface area contributed by atoms with E-state index >= 15 is 0 Å². The number of alkyl halides is 3. The predicted molar refractivity (Wildman–Crippen MR) is 49.7 cm³/mol. The molecule has 82 valence electrons. The largest absolute Gasteiger partial charge is 0.450 e. The second-order valence-electron chi connectivity index (χ2n) is 2.66. The van der Waals surface area contributed by atoms with Gasteiger partial charge in [0, 0.05) is 12.6 Å². The average Bonchev–Trinajstić information content (AvgIpc) is 2.14. The van der Waals surface area contributed by atoms with Gasteiger partial charge in [-0.15, -0.1) is 0 Å². The molecule has 0 aromatic carbocycles. The number of carbonyl (C=O) groups excluding carboxylic acids is 2. The summed E-state index contributed by atoms with van der Waals surface area (Å²) in [6.45, 7) is 0. The third kappa shape index (κ3) is 3.50. The second-order valence-corrected chi connectivity index (χ2v) is 3.62. The van der Waals surface area contributed by atoms with Gasteiger partial charge in [-0.1, -0.05) is 17.8 Å². The van der Waals surface area contributed by atoms with Crippen molar-refractivity contribution in [3.8, 4) is 0 Å². The zero-order chi connectivity index (χ0) is 11.5. The monoisotopic (exact) mass is 237 g/mol. The standard InChI is InChI=1S/C8H6F3NO2S/c9-8(10,11)6(14)4-15-7-5(13)2-1-3-12-7/h1,3H,2,4H2. The molecular weight excluding hydrogens is 231 g/mol. The molecule has 0 amide bonds. The molecule has 0 unspecified atom stereocenters. The molecule has 1 heterocycles. The number of allylic oxidation sites excluding steroid dienone is 1. The molecule has 0 bridgehead atoms. The molecule has 7 heteroatoms. The van der Waals surface area contributed by atoms with E-state index in [-0.39, 0.29) is 17.2 Å². The molecule has 15 heavy (non-hydrogen) atoms. The van der Waals surface area contributed by atoms with E-state index < -0.39 is 17.7 Å². The van der Waals surface area contributed by atoms with Crippen molar-refractivity contribution in [3.05, 3.63) is 12.3 Å². The van der Waals surface area contributed by atoms with Crippen molar-refractivity contribution < 1.29 is 22.8 Å². The van der Waals surface area contributed by atoms with Crippen LogP contribution in [0.1, 0.15) is 6.42 Å². The molecule has 0 aliphatic carbocycles. The summed E-state index contributed by atoms with van der Waals surface area (Å²) in [6.07, 6.45) is -1.90. The van der Waals surface area contributed by atoms with Crippen LogP contribution in [0, 0.1) is 0 Å². The highest BCUT2D eigenvalue weighted by atomic mass is 32.2. The molecular formula is C8H6F3NO2S. The molecule has 1 rings (SSSR count). The third-order valence-corrected chi connectivity index (χ3v) is 2.51. The zero-order valence-electron chi connectivity index (χ0n) is 7.37. The summed E-state index contributed by atoms with van der Waals surface area (Å²) in [6, 6.07) is 0. The predicted octanol–water partition coefficient (Wildman–Crippen LogP) is 1.74. The maximum absolute atomic E-state index is 11.8. The quantitative estimate of drug-likeness (QED) is 0.734. The van der Waals surface area contributed by atoms with Gasteiger partial charge in [0.1, 0.15) is 5.04 Å². The molecule has 3 nitrogen and oxygen atoms in total. The molecule has 0 spiro atoms. The summed E-state index contributed by atoms with van der Waals surface area (Å²) in [5.41, 5.74) is 0. The van der Waals surface area contributed by atoms with Crippen molar-refractivity contribution in [1.82, 2.24) is 0 Å². The van der Waals surface area contributed by atoms with Crippen molar-refractivity contribution >= 4 is 28.4 Å². The van der Waals surface area contributed by atoms with Crippen molar-refractivity contribution in [2.45, 2.75) is 12.6 Å². The van der Waals surface area contributed by atoms with Crippen LogP contribution in [0.2, 0.25) is 0 Å². The van der Waals surface area contributed by atoms with Crippen molar-refractivity contribution in [2.24, 2.45) is 4.99 Å². The van der Waals surface area contributed by atoms with Crippen LogP contribution >= 0.6 is 11.8 Å². The van der Waals surface area contributed by atoms with Crippen molar-refractivity contribution in [2.75, 3.05) is 5.75 Å². The molecule has 1 aliphatic rings. The third-order valence-electron chi connectivity index (χ3n) is 1.50. The van der Waals surface area contributed by atoms with Crippen LogP contribution in [-0.2, 0) is 9.59 Å². The van der Waals surface area contributed by atoms with E-state index in [0.717, 1.165) is 0 Å². The first-order chi connectivity index (χ1) is 6.91. The summed E-state index contributed by atoms with van der Waals surface area (Å²) in [5, 5.41) is -0.0462. The van der Waals surface area contributed by atoms with E-state index in [1.54, 1.807) is 0 Å². The number of carbonyl (C=O) groups is 2. The summed E-state index contributed by atoms with van der Waals surface area (Å²) < 4.78 is 35.4. The SMILES string of the molecule is O=C1CC=CN=C1SCC(=O)C(F)(F)F. The van der Waals surface area contributed by atoms with Gasteiger partial charge in [0.15, 0.2) is 5.78 Å². The molecule has 0 aromatic rings. The first kappa shape index (κ1) is 12.0. The highest BCUT2D eigenvalue weighted by molar-refractivity contribution is 8.16. The minimum atomic E-state index is -4.85. The molecule has 0 saturated heterocycles. The number of aliphatic imine (C=N–C) groups is 1. The first-order valence-electron chi connectivity index (χ1n) is 3.90. The van der Waals surface area contributed by atoms with Crippen LogP contribution in [-0.4, -0.2) is 28.5 Å². The summed E-state index contributed by atoms with van der Waals surface area (Å²) in [7, 11) is 0. The Morgan fingerprint density at radius 3 is 2.73 bits per heavy atom. The summed E-state index contributed by atoms with van der Waals surface area (Å²) in [4.78, 5) is 25.1. The molecule has 0 radical (unpaired) electrons. The van der Waals surface area contributed by atoms with E-state index in [2.05, 4.69) is 4.99 Å². The second kappa shape index (κ2) is 4.61. The van der Waals surface area contributed by atoms with Gasteiger partial charge in [0.25, 0.3) is 0 Å². The molecule has 0 fully saturated rings. The number of hydrogen-bond donors (Lipinski definition) is 0. The van der Waals surface area contributed by atoms with E-state index in [1.807, 2.05) is 0 Å².